The Morgan fingerprint density at radius 1 is 0.355 bits per heavy atom. The van der Waals surface area contributed by atoms with Gasteiger partial charge in [0, 0.05) is 55.2 Å². The Labute approximate surface area is 358 Å². The largest absolute Gasteiger partial charge is 0.309 e. The third kappa shape index (κ3) is 5.98. The fraction of sp³-hybridized carbons (Fsp3) is 0. The number of rotatable bonds is 7. The van der Waals surface area contributed by atoms with Crippen LogP contribution < -0.4 is 0 Å². The molecular weight excluding hydrogens is 755 g/mol. The Morgan fingerprint density at radius 2 is 0.887 bits per heavy atom. The van der Waals surface area contributed by atoms with Gasteiger partial charge in [0.25, 0.3) is 0 Å². The number of hydrogen-bond acceptors (Lipinski definition) is 3. The Hall–Kier alpha value is -8.41. The molecule has 0 radical (unpaired) electrons. The molecule has 12 aromatic rings. The van der Waals surface area contributed by atoms with E-state index in [1.165, 1.54) is 10.8 Å². The molecule has 12 rings (SSSR count). The molecule has 62 heavy (non-hydrogen) atoms. The van der Waals surface area contributed by atoms with E-state index in [1.807, 2.05) is 6.07 Å². The van der Waals surface area contributed by atoms with Gasteiger partial charge in [0.2, 0.25) is 0 Å². The van der Waals surface area contributed by atoms with Gasteiger partial charge in [0.05, 0.1) is 33.6 Å². The fourth-order valence-electron chi connectivity index (χ4n) is 9.03. The summed E-state index contributed by atoms with van der Waals surface area (Å²) < 4.78 is 4.47. The van der Waals surface area contributed by atoms with Crippen molar-refractivity contribution in [3.63, 3.8) is 0 Å². The summed E-state index contributed by atoms with van der Waals surface area (Å²) in [6, 6.07) is 79.0. The number of pyridine rings is 1. The van der Waals surface area contributed by atoms with Crippen molar-refractivity contribution in [1.29, 1.82) is 0 Å². The summed E-state index contributed by atoms with van der Waals surface area (Å²) in [6.07, 6.45) is 0. The summed E-state index contributed by atoms with van der Waals surface area (Å²) in [7, 11) is 0. The molecule has 0 atom stereocenters. The molecule has 0 N–H and O–H groups in total. The molecule has 290 valence electrons. The fourth-order valence-corrected chi connectivity index (χ4v) is 9.03. The predicted molar refractivity (Wildman–Crippen MR) is 255 cm³/mol. The highest BCUT2D eigenvalue weighted by Crippen LogP contribution is 2.42. The first-order valence-electron chi connectivity index (χ1n) is 20.9. The average Bonchev–Trinajstić information content (AvgIpc) is 3.92. The van der Waals surface area contributed by atoms with Gasteiger partial charge in [-0.2, -0.15) is 5.10 Å². The van der Waals surface area contributed by atoms with E-state index in [1.54, 1.807) is 0 Å². The van der Waals surface area contributed by atoms with Crippen LogP contribution in [0.25, 0.3) is 111 Å². The highest BCUT2D eigenvalue weighted by molar-refractivity contribution is 6.11. The van der Waals surface area contributed by atoms with Crippen LogP contribution in [0.4, 0.5) is 0 Å². The first-order chi connectivity index (χ1) is 30.7. The summed E-state index contributed by atoms with van der Waals surface area (Å²) in [5, 5.41) is 10.1. The lowest BCUT2D eigenvalue weighted by Crippen LogP contribution is -1.96. The van der Waals surface area contributed by atoms with E-state index in [0.717, 1.165) is 94.7 Å². The monoisotopic (exact) mass is 791 g/mol. The molecule has 0 aliphatic heterocycles. The number of hydrogen-bond donors (Lipinski definition) is 0. The number of nitrogens with zero attached hydrogens (tertiary/aromatic N) is 5. The topological polar surface area (TPSA) is 48.0 Å². The second-order valence-corrected chi connectivity index (χ2v) is 15.7. The van der Waals surface area contributed by atoms with E-state index in [0.29, 0.717) is 5.82 Å². The van der Waals surface area contributed by atoms with Crippen molar-refractivity contribution in [1.82, 2.24) is 24.1 Å². The first kappa shape index (κ1) is 35.5. The molecule has 5 nitrogen and oxygen atoms in total. The maximum atomic E-state index is 5.41. The molecule has 0 fully saturated rings. The number of fused-ring (bicyclic) bond motifs is 6. The van der Waals surface area contributed by atoms with Crippen molar-refractivity contribution in [2.24, 2.45) is 0 Å². The van der Waals surface area contributed by atoms with Crippen molar-refractivity contribution in [3.8, 4) is 73.2 Å². The van der Waals surface area contributed by atoms with Gasteiger partial charge >= 0.3 is 0 Å². The summed E-state index contributed by atoms with van der Waals surface area (Å²) in [4.78, 5) is 10.5. The average molecular weight is 792 g/mol. The van der Waals surface area contributed by atoms with Gasteiger partial charge in [-0.1, -0.05) is 176 Å². The summed E-state index contributed by atoms with van der Waals surface area (Å²) in [5.41, 5.74) is 15.6. The lowest BCUT2D eigenvalue weighted by Gasteiger charge is -2.12. The summed E-state index contributed by atoms with van der Waals surface area (Å²) >= 11 is 0. The van der Waals surface area contributed by atoms with Crippen molar-refractivity contribution in [2.75, 3.05) is 0 Å². The quantitative estimate of drug-likeness (QED) is 0.162. The van der Waals surface area contributed by atoms with Gasteiger partial charge < -0.3 is 4.57 Å². The van der Waals surface area contributed by atoms with Crippen LogP contribution in [-0.2, 0) is 0 Å². The van der Waals surface area contributed by atoms with Crippen LogP contribution >= 0.6 is 0 Å². The number of benzene rings is 8. The van der Waals surface area contributed by atoms with Crippen molar-refractivity contribution >= 4 is 38.1 Å². The van der Waals surface area contributed by atoms with Crippen LogP contribution in [0.1, 0.15) is 0 Å². The normalized spacial score (nSPS) is 11.5. The van der Waals surface area contributed by atoms with Gasteiger partial charge in [0.1, 0.15) is 5.69 Å². The lowest BCUT2D eigenvalue weighted by atomic mass is 9.95. The van der Waals surface area contributed by atoms with Gasteiger partial charge in [0.15, 0.2) is 5.82 Å². The van der Waals surface area contributed by atoms with Crippen LogP contribution in [0.3, 0.4) is 0 Å². The van der Waals surface area contributed by atoms with Crippen molar-refractivity contribution in [2.45, 2.75) is 0 Å². The minimum absolute atomic E-state index is 0.678. The zero-order chi connectivity index (χ0) is 41.0. The number of aromatic nitrogens is 5. The minimum Gasteiger partial charge on any atom is -0.309 e. The minimum atomic E-state index is 0.678. The highest BCUT2D eigenvalue weighted by atomic mass is 15.2. The molecular formula is C57H37N5. The lowest BCUT2D eigenvalue weighted by molar-refractivity contribution is 0.979. The van der Waals surface area contributed by atoms with E-state index < -0.39 is 0 Å². The Bertz CT molecular complexity index is 3590. The van der Waals surface area contributed by atoms with Crippen LogP contribution in [0, 0.1) is 0 Å². The molecule has 4 aromatic heterocycles. The number of para-hydroxylation sites is 2. The van der Waals surface area contributed by atoms with Gasteiger partial charge in [-0.15, -0.1) is 0 Å². The highest BCUT2D eigenvalue weighted by Gasteiger charge is 2.22. The van der Waals surface area contributed by atoms with Crippen LogP contribution in [0.15, 0.2) is 224 Å². The van der Waals surface area contributed by atoms with Gasteiger partial charge in [-0.25, -0.2) is 14.5 Å². The Kier molecular flexibility index (Phi) is 8.42. The van der Waals surface area contributed by atoms with Crippen molar-refractivity contribution in [3.05, 3.63) is 224 Å². The molecule has 0 bridgehead atoms. The molecule has 8 aromatic carbocycles. The molecule has 0 aliphatic rings. The summed E-state index contributed by atoms with van der Waals surface area (Å²) in [5.74, 6) is 0.678. The molecule has 0 amide bonds. The second kappa shape index (κ2) is 14.7. The first-order valence-corrected chi connectivity index (χ1v) is 20.9. The molecule has 0 saturated heterocycles. The predicted octanol–water partition coefficient (Wildman–Crippen LogP) is 14.4. The zero-order valence-corrected chi connectivity index (χ0v) is 33.6. The SMILES string of the molecule is c1ccc(-c2cc(-c3ccc(-c4c(-c5ccccc5)nn5c(-c6ccccc6)cc6ccccc6c45)cc3)nc(-c3ccc4c(c3)c3ccccc3n4-c3ccccc3)n2)cc1. The third-order valence-electron chi connectivity index (χ3n) is 11.9. The molecule has 0 aliphatic carbocycles. The molecule has 0 unspecified atom stereocenters. The molecule has 4 heterocycles. The Balaban J connectivity index is 1.03. The zero-order valence-electron chi connectivity index (χ0n) is 33.6. The maximum absolute atomic E-state index is 5.41. The van der Waals surface area contributed by atoms with Crippen LogP contribution in [-0.4, -0.2) is 24.1 Å². The van der Waals surface area contributed by atoms with Crippen LogP contribution in [0.2, 0.25) is 0 Å². The third-order valence-corrected chi connectivity index (χ3v) is 11.9. The second-order valence-electron chi connectivity index (χ2n) is 15.7. The standard InChI is InChI=1S/C57H37N5/c1-5-17-38(18-6-1)49-37-50(59-57(58-49)44-33-34-52-48(35-44)47-27-15-16-28-51(47)61(52)45-24-11-4-12-25-45)39-29-31-41(32-30-39)54-55(42-21-9-3-10-22-42)60-62-53(40-19-7-2-8-20-40)36-43-23-13-14-26-46(43)56(54)62/h1-37H. The van der Waals surface area contributed by atoms with E-state index >= 15 is 0 Å². The summed E-state index contributed by atoms with van der Waals surface area (Å²) in [6.45, 7) is 0. The smallest absolute Gasteiger partial charge is 0.160 e. The molecule has 0 spiro atoms. The molecule has 0 saturated carbocycles. The van der Waals surface area contributed by atoms with Crippen LogP contribution in [0.5, 0.6) is 0 Å². The van der Waals surface area contributed by atoms with Gasteiger partial charge in [-0.3, -0.25) is 0 Å². The molecule has 5 heteroatoms. The maximum Gasteiger partial charge on any atom is 0.160 e. The van der Waals surface area contributed by atoms with Gasteiger partial charge in [-0.05, 0) is 59.5 Å². The van der Waals surface area contributed by atoms with E-state index in [-0.39, 0.29) is 0 Å². The Morgan fingerprint density at radius 3 is 1.60 bits per heavy atom. The van der Waals surface area contributed by atoms with E-state index in [2.05, 4.69) is 227 Å². The van der Waals surface area contributed by atoms with Crippen molar-refractivity contribution < 1.29 is 0 Å². The van der Waals surface area contributed by atoms with E-state index in [9.17, 15) is 0 Å². The van der Waals surface area contributed by atoms with E-state index in [4.69, 9.17) is 15.1 Å².